The molecule has 1 N–H and O–H groups in total. The van der Waals surface area contributed by atoms with Crippen molar-refractivity contribution < 1.29 is 4.79 Å². The summed E-state index contributed by atoms with van der Waals surface area (Å²) in [5.41, 5.74) is 5.99. The zero-order chi connectivity index (χ0) is 16.9. The van der Waals surface area contributed by atoms with Gasteiger partial charge in [-0.15, -0.1) is 0 Å². The predicted octanol–water partition coefficient (Wildman–Crippen LogP) is 3.18. The molecule has 1 heterocycles. The van der Waals surface area contributed by atoms with Gasteiger partial charge in [0.15, 0.2) is 0 Å². The van der Waals surface area contributed by atoms with Crippen molar-refractivity contribution in [2.45, 2.75) is 6.92 Å². The molecule has 0 spiro atoms. The van der Waals surface area contributed by atoms with Crippen LogP contribution < -0.4 is 5.43 Å². The van der Waals surface area contributed by atoms with Gasteiger partial charge in [0.25, 0.3) is 5.91 Å². The molecule has 0 unspecified atom stereocenters. The van der Waals surface area contributed by atoms with Gasteiger partial charge in [0, 0.05) is 11.1 Å². The van der Waals surface area contributed by atoms with Gasteiger partial charge in [-0.25, -0.2) is 5.43 Å². The minimum atomic E-state index is -0.290. The number of nitrogens with one attached hydrogen (secondary N) is 1. The van der Waals surface area contributed by atoms with Gasteiger partial charge in [-0.1, -0.05) is 30.3 Å². The molecule has 0 atom stereocenters. The lowest BCUT2D eigenvalue weighted by Crippen LogP contribution is -2.18. The maximum absolute atomic E-state index is 12.4. The van der Waals surface area contributed by atoms with Crippen LogP contribution >= 0.6 is 0 Å². The molecule has 116 valence electrons. The summed E-state index contributed by atoms with van der Waals surface area (Å²) in [5, 5.41) is 13.5. The first-order chi connectivity index (χ1) is 11.7. The topological polar surface area (TPSA) is 78.1 Å². The van der Waals surface area contributed by atoms with Crippen LogP contribution in [0.15, 0.2) is 59.7 Å². The zero-order valence-corrected chi connectivity index (χ0v) is 13.0. The van der Waals surface area contributed by atoms with Crippen molar-refractivity contribution >= 4 is 23.0 Å². The third-order valence-electron chi connectivity index (χ3n) is 3.51. The van der Waals surface area contributed by atoms with Gasteiger partial charge < -0.3 is 0 Å². The van der Waals surface area contributed by atoms with Crippen molar-refractivity contribution in [2.75, 3.05) is 0 Å². The van der Waals surface area contributed by atoms with Crippen LogP contribution in [0.5, 0.6) is 0 Å². The smallest absolute Gasteiger partial charge is 0.267 e. The van der Waals surface area contributed by atoms with Crippen LogP contribution in [0.3, 0.4) is 0 Å². The molecule has 0 aliphatic rings. The second kappa shape index (κ2) is 6.71. The van der Waals surface area contributed by atoms with Crippen LogP contribution in [0.1, 0.15) is 27.2 Å². The number of benzene rings is 2. The van der Waals surface area contributed by atoms with E-state index in [0.29, 0.717) is 11.1 Å². The van der Waals surface area contributed by atoms with Crippen molar-refractivity contribution in [1.82, 2.24) is 10.4 Å². The van der Waals surface area contributed by atoms with E-state index < -0.39 is 0 Å². The van der Waals surface area contributed by atoms with Crippen molar-refractivity contribution in [3.8, 4) is 6.07 Å². The summed E-state index contributed by atoms with van der Waals surface area (Å²) in [4.78, 5) is 16.8. The van der Waals surface area contributed by atoms with Crippen molar-refractivity contribution in [3.05, 3.63) is 77.0 Å². The Morgan fingerprint density at radius 1 is 1.21 bits per heavy atom. The summed E-state index contributed by atoms with van der Waals surface area (Å²) in [6.07, 6.45) is 1.54. The standard InChI is InChI=1S/C19H14N4O/c1-13-10-17(16-4-2-3-5-18(16)22-13)19(24)23-21-12-15-8-6-14(11-20)7-9-15/h2-10,12H,1H3,(H,23,24)/b21-12-. The Bertz CT molecular complexity index is 969. The molecular formula is C19H14N4O. The lowest BCUT2D eigenvalue weighted by molar-refractivity contribution is 0.0956. The van der Waals surface area contributed by atoms with Crippen LogP contribution in [-0.4, -0.2) is 17.1 Å². The number of nitrogens with zero attached hydrogens (tertiary/aromatic N) is 3. The Hall–Kier alpha value is -3.52. The molecule has 2 aromatic carbocycles. The van der Waals surface area contributed by atoms with Crippen molar-refractivity contribution in [2.24, 2.45) is 5.10 Å². The highest BCUT2D eigenvalue weighted by Crippen LogP contribution is 2.18. The maximum Gasteiger partial charge on any atom is 0.272 e. The fourth-order valence-corrected chi connectivity index (χ4v) is 2.37. The highest BCUT2D eigenvalue weighted by Gasteiger charge is 2.10. The van der Waals surface area contributed by atoms with E-state index in [9.17, 15) is 4.79 Å². The number of rotatable bonds is 3. The number of carbonyl (C=O) groups is 1. The second-order valence-electron chi connectivity index (χ2n) is 5.26. The first-order valence-corrected chi connectivity index (χ1v) is 7.37. The molecule has 1 aromatic heterocycles. The van der Waals surface area contributed by atoms with E-state index in [2.05, 4.69) is 21.6 Å². The van der Waals surface area contributed by atoms with E-state index in [0.717, 1.165) is 22.2 Å². The number of aryl methyl sites for hydroxylation is 1. The van der Waals surface area contributed by atoms with E-state index in [4.69, 9.17) is 5.26 Å². The van der Waals surface area contributed by atoms with Crippen molar-refractivity contribution in [1.29, 1.82) is 5.26 Å². The number of aromatic nitrogens is 1. The number of pyridine rings is 1. The zero-order valence-electron chi connectivity index (χ0n) is 13.0. The number of carbonyl (C=O) groups excluding carboxylic acids is 1. The first-order valence-electron chi connectivity index (χ1n) is 7.37. The summed E-state index contributed by atoms with van der Waals surface area (Å²) in [7, 11) is 0. The maximum atomic E-state index is 12.4. The van der Waals surface area contributed by atoms with Crippen LogP contribution in [-0.2, 0) is 0 Å². The first kappa shape index (κ1) is 15.4. The minimum absolute atomic E-state index is 0.290. The molecule has 0 aliphatic heterocycles. The minimum Gasteiger partial charge on any atom is -0.267 e. The monoisotopic (exact) mass is 314 g/mol. The van der Waals surface area contributed by atoms with Gasteiger partial charge in [0.2, 0.25) is 0 Å². The fourth-order valence-electron chi connectivity index (χ4n) is 2.37. The number of amides is 1. The number of hydrogen-bond donors (Lipinski definition) is 1. The Balaban J connectivity index is 1.80. The second-order valence-corrected chi connectivity index (χ2v) is 5.26. The van der Waals surface area contributed by atoms with Crippen LogP contribution in [0.2, 0.25) is 0 Å². The number of fused-ring (bicyclic) bond motifs is 1. The number of hydrazone groups is 1. The SMILES string of the molecule is Cc1cc(C(=O)N/N=C\c2ccc(C#N)cc2)c2ccccc2n1. The quantitative estimate of drug-likeness (QED) is 0.595. The number of hydrogen-bond acceptors (Lipinski definition) is 4. The summed E-state index contributed by atoms with van der Waals surface area (Å²) in [5.74, 6) is -0.290. The summed E-state index contributed by atoms with van der Waals surface area (Å²) in [6, 6.07) is 18.2. The van der Waals surface area contributed by atoms with Crippen molar-refractivity contribution in [3.63, 3.8) is 0 Å². The average molecular weight is 314 g/mol. The predicted molar refractivity (Wildman–Crippen MR) is 92.7 cm³/mol. The van der Waals surface area contributed by atoms with Gasteiger partial charge in [0.1, 0.15) is 0 Å². The molecule has 0 bridgehead atoms. The summed E-state index contributed by atoms with van der Waals surface area (Å²) < 4.78 is 0. The molecule has 0 saturated heterocycles. The van der Waals surface area contributed by atoms with E-state index in [1.165, 1.54) is 6.21 Å². The molecule has 5 nitrogen and oxygen atoms in total. The van der Waals surface area contributed by atoms with E-state index in [1.54, 1.807) is 30.3 Å². The Morgan fingerprint density at radius 2 is 1.96 bits per heavy atom. The molecule has 3 rings (SSSR count). The Labute approximate surface area is 139 Å². The van der Waals surface area contributed by atoms with E-state index in [-0.39, 0.29) is 5.91 Å². The molecule has 3 aromatic rings. The lowest BCUT2D eigenvalue weighted by Gasteiger charge is -2.06. The molecule has 24 heavy (non-hydrogen) atoms. The largest absolute Gasteiger partial charge is 0.272 e. The summed E-state index contributed by atoms with van der Waals surface area (Å²) in [6.45, 7) is 1.85. The molecule has 5 heteroatoms. The van der Waals surface area contributed by atoms with Crippen LogP contribution in [0.4, 0.5) is 0 Å². The lowest BCUT2D eigenvalue weighted by atomic mass is 10.1. The highest BCUT2D eigenvalue weighted by atomic mass is 16.2. The molecule has 0 radical (unpaired) electrons. The third kappa shape index (κ3) is 3.28. The van der Waals surface area contributed by atoms with Gasteiger partial charge in [-0.3, -0.25) is 9.78 Å². The molecule has 1 amide bonds. The molecule has 0 fully saturated rings. The van der Waals surface area contributed by atoms with Gasteiger partial charge >= 0.3 is 0 Å². The average Bonchev–Trinajstić information content (AvgIpc) is 2.61. The van der Waals surface area contributed by atoms with Gasteiger partial charge in [-0.05, 0) is 36.8 Å². The third-order valence-corrected chi connectivity index (χ3v) is 3.51. The van der Waals surface area contributed by atoms with E-state index in [1.807, 2.05) is 31.2 Å². The van der Waals surface area contributed by atoms with Crippen LogP contribution in [0.25, 0.3) is 10.9 Å². The van der Waals surface area contributed by atoms with Gasteiger partial charge in [-0.2, -0.15) is 10.4 Å². The number of nitriles is 1. The highest BCUT2D eigenvalue weighted by molar-refractivity contribution is 6.06. The number of para-hydroxylation sites is 1. The fraction of sp³-hybridized carbons (Fsp3) is 0.0526. The molecular weight excluding hydrogens is 300 g/mol. The van der Waals surface area contributed by atoms with Gasteiger partial charge in [0.05, 0.1) is 28.9 Å². The Morgan fingerprint density at radius 3 is 2.71 bits per heavy atom. The van der Waals surface area contributed by atoms with E-state index >= 15 is 0 Å². The summed E-state index contributed by atoms with van der Waals surface area (Å²) >= 11 is 0. The normalized spacial score (nSPS) is 10.7. The van der Waals surface area contributed by atoms with Crippen LogP contribution in [0, 0.1) is 18.3 Å². The molecule has 0 saturated carbocycles. The molecule has 0 aliphatic carbocycles. The Kier molecular flexibility index (Phi) is 4.30.